The number of primary amides is 1. The summed E-state index contributed by atoms with van der Waals surface area (Å²) in [5.74, 6) is -0.465. The largest absolute Gasteiger partial charge is 0.370 e. The van der Waals surface area contributed by atoms with Gasteiger partial charge in [0.2, 0.25) is 11.8 Å². The number of amides is 2. The number of aromatic nitrogens is 1. The van der Waals surface area contributed by atoms with Gasteiger partial charge >= 0.3 is 0 Å². The average Bonchev–Trinajstić information content (AvgIpc) is 3.01. The Balaban J connectivity index is 1.93. The van der Waals surface area contributed by atoms with Crippen LogP contribution in [0.1, 0.15) is 35.7 Å². The highest BCUT2D eigenvalue weighted by atomic mass is 16.2. The van der Waals surface area contributed by atoms with E-state index in [0.29, 0.717) is 6.54 Å². The molecule has 3 rings (SSSR count). The van der Waals surface area contributed by atoms with E-state index in [1.54, 1.807) is 0 Å². The van der Waals surface area contributed by atoms with E-state index in [0.717, 1.165) is 17.8 Å². The second-order valence-corrected chi connectivity index (χ2v) is 5.99. The van der Waals surface area contributed by atoms with E-state index in [9.17, 15) is 9.59 Å². The monoisotopic (exact) mass is 311 g/mol. The molecule has 2 aromatic rings. The van der Waals surface area contributed by atoms with Crippen molar-refractivity contribution in [3.63, 3.8) is 0 Å². The van der Waals surface area contributed by atoms with Crippen LogP contribution in [-0.2, 0) is 16.1 Å². The van der Waals surface area contributed by atoms with Crippen molar-refractivity contribution >= 4 is 11.8 Å². The van der Waals surface area contributed by atoms with Crippen LogP contribution in [0.15, 0.2) is 42.6 Å². The van der Waals surface area contributed by atoms with Gasteiger partial charge in [0.25, 0.3) is 0 Å². The normalized spacial score (nSPS) is 16.9. The molecule has 1 aromatic carbocycles. The number of hydrogen-bond acceptors (Lipinski definition) is 2. The number of fused-ring (bicyclic) bond motifs is 1. The second kappa shape index (κ2) is 6.28. The van der Waals surface area contributed by atoms with Crippen LogP contribution in [-0.4, -0.2) is 27.8 Å². The van der Waals surface area contributed by atoms with Gasteiger partial charge in [0.05, 0.1) is 6.04 Å². The first kappa shape index (κ1) is 15.3. The van der Waals surface area contributed by atoms with Crippen molar-refractivity contribution in [3.8, 4) is 0 Å². The molecule has 5 nitrogen and oxygen atoms in total. The van der Waals surface area contributed by atoms with Crippen molar-refractivity contribution in [1.29, 1.82) is 0 Å². The maximum absolute atomic E-state index is 12.6. The van der Waals surface area contributed by atoms with Crippen molar-refractivity contribution < 1.29 is 9.59 Å². The molecular formula is C18H21N3O2. The van der Waals surface area contributed by atoms with E-state index in [4.69, 9.17) is 5.73 Å². The van der Waals surface area contributed by atoms with Crippen LogP contribution in [0.4, 0.5) is 0 Å². The molecule has 0 aliphatic carbocycles. The molecule has 0 saturated heterocycles. The molecule has 2 heterocycles. The van der Waals surface area contributed by atoms with Gasteiger partial charge in [-0.15, -0.1) is 0 Å². The van der Waals surface area contributed by atoms with Crippen LogP contribution in [0.3, 0.4) is 0 Å². The molecule has 0 radical (unpaired) electrons. The molecule has 1 aliphatic heterocycles. The summed E-state index contributed by atoms with van der Waals surface area (Å²) in [5, 5.41) is 0. The van der Waals surface area contributed by atoms with Crippen LogP contribution in [0, 0.1) is 6.92 Å². The molecule has 23 heavy (non-hydrogen) atoms. The molecule has 120 valence electrons. The van der Waals surface area contributed by atoms with E-state index in [2.05, 4.69) is 34.9 Å². The highest BCUT2D eigenvalue weighted by molar-refractivity contribution is 5.83. The predicted molar refractivity (Wildman–Crippen MR) is 87.6 cm³/mol. The van der Waals surface area contributed by atoms with Crippen LogP contribution in [0.2, 0.25) is 0 Å². The zero-order valence-corrected chi connectivity index (χ0v) is 13.2. The predicted octanol–water partition coefficient (Wildman–Crippen LogP) is 1.99. The number of carbonyl (C=O) groups is 2. The highest BCUT2D eigenvalue weighted by Gasteiger charge is 2.31. The minimum atomic E-state index is -0.439. The van der Waals surface area contributed by atoms with Gasteiger partial charge < -0.3 is 15.2 Å². The van der Waals surface area contributed by atoms with Crippen molar-refractivity contribution in [3.05, 3.63) is 59.4 Å². The van der Waals surface area contributed by atoms with Gasteiger partial charge in [0.15, 0.2) is 0 Å². The molecular weight excluding hydrogens is 290 g/mol. The van der Waals surface area contributed by atoms with E-state index in [1.165, 1.54) is 5.56 Å². The first-order valence-electron chi connectivity index (χ1n) is 7.85. The lowest BCUT2D eigenvalue weighted by Crippen LogP contribution is -2.42. The number of hydrogen-bond donors (Lipinski definition) is 1. The molecule has 1 aliphatic rings. The smallest absolute Gasteiger partial charge is 0.223 e. The average molecular weight is 311 g/mol. The van der Waals surface area contributed by atoms with Gasteiger partial charge in [-0.2, -0.15) is 0 Å². The molecule has 0 bridgehead atoms. The quantitative estimate of drug-likeness (QED) is 0.938. The molecule has 0 fully saturated rings. The van der Waals surface area contributed by atoms with Crippen molar-refractivity contribution in [2.45, 2.75) is 32.4 Å². The molecule has 1 atom stereocenters. The number of nitrogens with zero attached hydrogens (tertiary/aromatic N) is 2. The zero-order chi connectivity index (χ0) is 16.4. The Labute approximate surface area is 135 Å². The lowest BCUT2D eigenvalue weighted by Gasteiger charge is -2.37. The second-order valence-electron chi connectivity index (χ2n) is 5.99. The van der Waals surface area contributed by atoms with Gasteiger partial charge in [-0.25, -0.2) is 0 Å². The summed E-state index contributed by atoms with van der Waals surface area (Å²) in [7, 11) is 0. The maximum Gasteiger partial charge on any atom is 0.223 e. The van der Waals surface area contributed by atoms with Gasteiger partial charge in [-0.1, -0.05) is 29.8 Å². The van der Waals surface area contributed by atoms with Gasteiger partial charge in [-0.3, -0.25) is 9.59 Å². The molecule has 1 unspecified atom stereocenters. The molecule has 0 saturated carbocycles. The first-order valence-corrected chi connectivity index (χ1v) is 7.85. The Kier molecular flexibility index (Phi) is 4.19. The van der Waals surface area contributed by atoms with Crippen LogP contribution >= 0.6 is 0 Å². The molecule has 5 heteroatoms. The Morgan fingerprint density at radius 3 is 2.57 bits per heavy atom. The Morgan fingerprint density at radius 1 is 1.13 bits per heavy atom. The Morgan fingerprint density at radius 2 is 1.87 bits per heavy atom. The number of carbonyl (C=O) groups excluding carboxylic acids is 2. The third-order valence-corrected chi connectivity index (χ3v) is 4.34. The third-order valence-electron chi connectivity index (χ3n) is 4.34. The van der Waals surface area contributed by atoms with E-state index >= 15 is 0 Å². The Hall–Kier alpha value is -2.56. The van der Waals surface area contributed by atoms with Crippen LogP contribution in [0.5, 0.6) is 0 Å². The van der Waals surface area contributed by atoms with E-state index in [1.807, 2.05) is 24.1 Å². The highest BCUT2D eigenvalue weighted by Crippen LogP contribution is 2.33. The zero-order valence-electron chi connectivity index (χ0n) is 13.2. The minimum Gasteiger partial charge on any atom is -0.370 e. The van der Waals surface area contributed by atoms with Crippen molar-refractivity contribution in [2.24, 2.45) is 5.73 Å². The lowest BCUT2D eigenvalue weighted by atomic mass is 9.98. The SMILES string of the molecule is Cc1ccc(C2c3cccn3CCN2C(=O)CCC(N)=O)cc1. The summed E-state index contributed by atoms with van der Waals surface area (Å²) < 4.78 is 2.18. The van der Waals surface area contributed by atoms with E-state index < -0.39 is 5.91 Å². The van der Waals surface area contributed by atoms with Crippen LogP contribution < -0.4 is 5.73 Å². The lowest BCUT2D eigenvalue weighted by molar-refractivity contribution is -0.135. The van der Waals surface area contributed by atoms with Crippen LogP contribution in [0.25, 0.3) is 0 Å². The first-order chi connectivity index (χ1) is 11.1. The third kappa shape index (κ3) is 3.13. The summed E-state index contributed by atoms with van der Waals surface area (Å²) >= 11 is 0. The number of aryl methyl sites for hydroxylation is 1. The summed E-state index contributed by atoms with van der Waals surface area (Å²) in [6.07, 6.45) is 2.30. The molecule has 0 spiro atoms. The number of benzene rings is 1. The summed E-state index contributed by atoms with van der Waals surface area (Å²) in [5.41, 5.74) is 8.56. The summed E-state index contributed by atoms with van der Waals surface area (Å²) in [6.45, 7) is 3.45. The van der Waals surface area contributed by atoms with Gasteiger partial charge in [0.1, 0.15) is 0 Å². The minimum absolute atomic E-state index is 0.0261. The topological polar surface area (TPSA) is 68.3 Å². The van der Waals surface area contributed by atoms with E-state index in [-0.39, 0.29) is 24.8 Å². The molecule has 2 N–H and O–H groups in total. The Bertz CT molecular complexity index is 718. The standard InChI is InChI=1S/C18H21N3O2/c1-13-4-6-14(7-5-13)18-15-3-2-10-20(15)11-12-21(18)17(23)9-8-16(19)22/h2-7,10,18H,8-9,11-12H2,1H3,(H2,19,22). The molecule has 2 amide bonds. The fourth-order valence-electron chi connectivity index (χ4n) is 3.13. The summed E-state index contributed by atoms with van der Waals surface area (Å²) in [6, 6.07) is 12.2. The van der Waals surface area contributed by atoms with Gasteiger partial charge in [0, 0.05) is 37.8 Å². The number of rotatable bonds is 4. The maximum atomic E-state index is 12.6. The summed E-state index contributed by atoms with van der Waals surface area (Å²) in [4.78, 5) is 25.4. The fourth-order valence-corrected chi connectivity index (χ4v) is 3.13. The number of nitrogens with two attached hydrogens (primary N) is 1. The van der Waals surface area contributed by atoms with Gasteiger partial charge in [-0.05, 0) is 24.6 Å². The van der Waals surface area contributed by atoms with Crippen molar-refractivity contribution in [1.82, 2.24) is 9.47 Å². The molecule has 1 aromatic heterocycles. The van der Waals surface area contributed by atoms with Crippen molar-refractivity contribution in [2.75, 3.05) is 6.54 Å². The fraction of sp³-hybridized carbons (Fsp3) is 0.333.